The maximum absolute atomic E-state index is 12.0. The van der Waals surface area contributed by atoms with Crippen LogP contribution in [0.25, 0.3) is 0 Å². The minimum Gasteiger partial charge on any atom is -0.497 e. The van der Waals surface area contributed by atoms with Gasteiger partial charge in [-0.2, -0.15) is 0 Å². The third-order valence-corrected chi connectivity index (χ3v) is 5.01. The number of carbonyl (C=O) groups excluding carboxylic acids is 1. The van der Waals surface area contributed by atoms with E-state index in [1.807, 2.05) is 45.9 Å². The predicted molar refractivity (Wildman–Crippen MR) is 121 cm³/mol. The first-order valence-corrected chi connectivity index (χ1v) is 11.0. The highest BCUT2D eigenvalue weighted by atomic mass is 16.5. The van der Waals surface area contributed by atoms with Gasteiger partial charge in [0.05, 0.1) is 19.8 Å². The second kappa shape index (κ2) is 11.7. The number of aliphatic imine (C=N–C) groups is 1. The number of rotatable bonds is 9. The molecule has 0 saturated heterocycles. The van der Waals surface area contributed by atoms with E-state index in [0.29, 0.717) is 25.6 Å². The van der Waals surface area contributed by atoms with E-state index in [4.69, 9.17) is 14.5 Å². The van der Waals surface area contributed by atoms with Crippen molar-refractivity contribution in [1.82, 2.24) is 16.0 Å². The lowest BCUT2D eigenvalue weighted by Crippen LogP contribution is -2.43. The van der Waals surface area contributed by atoms with Gasteiger partial charge in [-0.15, -0.1) is 0 Å². The van der Waals surface area contributed by atoms with E-state index in [1.165, 1.54) is 12.8 Å². The third-order valence-electron chi connectivity index (χ3n) is 5.01. The highest BCUT2D eigenvalue weighted by Gasteiger charge is 2.20. The lowest BCUT2D eigenvalue weighted by atomic mass is 9.96. The summed E-state index contributed by atoms with van der Waals surface area (Å²) < 4.78 is 11.6. The first-order chi connectivity index (χ1) is 14.3. The first-order valence-electron chi connectivity index (χ1n) is 11.0. The van der Waals surface area contributed by atoms with Crippen LogP contribution >= 0.6 is 0 Å². The van der Waals surface area contributed by atoms with E-state index in [-0.39, 0.29) is 17.4 Å². The Labute approximate surface area is 181 Å². The van der Waals surface area contributed by atoms with Gasteiger partial charge in [-0.3, -0.25) is 4.79 Å². The molecule has 0 atom stereocenters. The number of ether oxygens (including phenoxy) is 2. The number of hydrogen-bond donors (Lipinski definition) is 3. The zero-order valence-corrected chi connectivity index (χ0v) is 19.1. The summed E-state index contributed by atoms with van der Waals surface area (Å²) in [6.07, 6.45) is 4.93. The second-order valence-corrected chi connectivity index (χ2v) is 8.63. The Bertz CT molecular complexity index is 707. The molecule has 0 unspecified atom stereocenters. The maximum Gasteiger partial charge on any atom is 0.225 e. The van der Waals surface area contributed by atoms with Crippen LogP contribution in [0, 0.1) is 5.41 Å². The van der Waals surface area contributed by atoms with Crippen molar-refractivity contribution in [1.29, 1.82) is 0 Å². The predicted octanol–water partition coefficient (Wildman–Crippen LogP) is 3.23. The van der Waals surface area contributed by atoms with Gasteiger partial charge in [0.25, 0.3) is 0 Å². The normalized spacial score (nSPS) is 15.0. The maximum atomic E-state index is 12.0. The van der Waals surface area contributed by atoms with E-state index in [0.717, 1.165) is 36.4 Å². The van der Waals surface area contributed by atoms with Crippen LogP contribution in [0.4, 0.5) is 0 Å². The average Bonchev–Trinajstić information content (AvgIpc) is 3.22. The molecule has 0 radical (unpaired) electrons. The molecule has 30 heavy (non-hydrogen) atoms. The van der Waals surface area contributed by atoms with Crippen LogP contribution in [0.1, 0.15) is 58.9 Å². The van der Waals surface area contributed by atoms with Crippen LogP contribution in [0.5, 0.6) is 11.5 Å². The minimum atomic E-state index is -0.386. The van der Waals surface area contributed by atoms with E-state index < -0.39 is 0 Å². The molecular weight excluding hydrogens is 380 g/mol. The number of hydrogen-bond acceptors (Lipinski definition) is 4. The van der Waals surface area contributed by atoms with Crippen molar-refractivity contribution < 1.29 is 14.3 Å². The smallest absolute Gasteiger partial charge is 0.225 e. The summed E-state index contributed by atoms with van der Waals surface area (Å²) in [5.74, 6) is 2.39. The van der Waals surface area contributed by atoms with Gasteiger partial charge in [0.2, 0.25) is 5.91 Å². The lowest BCUT2D eigenvalue weighted by molar-refractivity contribution is -0.128. The van der Waals surface area contributed by atoms with Crippen molar-refractivity contribution in [3.8, 4) is 11.5 Å². The summed E-state index contributed by atoms with van der Waals surface area (Å²) in [5.41, 5.74) is 0.642. The van der Waals surface area contributed by atoms with Crippen LogP contribution in [0.2, 0.25) is 0 Å². The number of nitrogens with one attached hydrogen (secondary N) is 3. The van der Waals surface area contributed by atoms with Crippen molar-refractivity contribution in [2.24, 2.45) is 10.4 Å². The summed E-state index contributed by atoms with van der Waals surface area (Å²) >= 11 is 0. The molecule has 1 aliphatic carbocycles. The Morgan fingerprint density at radius 3 is 2.47 bits per heavy atom. The number of guanidine groups is 1. The van der Waals surface area contributed by atoms with Crippen molar-refractivity contribution >= 4 is 11.9 Å². The summed E-state index contributed by atoms with van der Waals surface area (Å²) in [6.45, 7) is 10.1. The molecule has 1 aliphatic rings. The Kier molecular flexibility index (Phi) is 9.27. The molecule has 3 N–H and O–H groups in total. The van der Waals surface area contributed by atoms with Crippen LogP contribution in [-0.4, -0.2) is 44.7 Å². The van der Waals surface area contributed by atoms with Crippen molar-refractivity contribution in [2.75, 3.05) is 26.7 Å². The standard InChI is InChI=1S/C23H38N4O3/c1-6-24-22(26-14-13-25-21(28)23(2,3)4)27-16-17-11-12-19(29-5)15-20(17)30-18-9-7-8-10-18/h11-12,15,18H,6-10,13-14,16H2,1-5H3,(H,25,28)(H2,24,26,27). The summed E-state index contributed by atoms with van der Waals surface area (Å²) in [5, 5.41) is 9.46. The molecule has 1 aromatic carbocycles. The molecule has 0 aliphatic heterocycles. The van der Waals surface area contributed by atoms with E-state index in [1.54, 1.807) is 7.11 Å². The van der Waals surface area contributed by atoms with Gasteiger partial charge in [-0.1, -0.05) is 20.8 Å². The Balaban J connectivity index is 1.97. The first kappa shape index (κ1) is 23.8. The summed E-state index contributed by atoms with van der Waals surface area (Å²) in [6, 6.07) is 5.90. The van der Waals surface area contributed by atoms with E-state index in [9.17, 15) is 4.79 Å². The topological polar surface area (TPSA) is 84.0 Å². The van der Waals surface area contributed by atoms with Gasteiger partial charge < -0.3 is 25.4 Å². The van der Waals surface area contributed by atoms with Crippen molar-refractivity contribution in [2.45, 2.75) is 66.0 Å². The lowest BCUT2D eigenvalue weighted by Gasteiger charge is -2.19. The molecule has 1 fully saturated rings. The van der Waals surface area contributed by atoms with Gasteiger partial charge in [-0.05, 0) is 44.7 Å². The molecule has 168 valence electrons. The van der Waals surface area contributed by atoms with Crippen molar-refractivity contribution in [3.63, 3.8) is 0 Å². The van der Waals surface area contributed by atoms with E-state index in [2.05, 4.69) is 16.0 Å². The summed E-state index contributed by atoms with van der Waals surface area (Å²) in [4.78, 5) is 16.7. The number of methoxy groups -OCH3 is 1. The highest BCUT2D eigenvalue weighted by Crippen LogP contribution is 2.30. The molecule has 0 spiro atoms. The van der Waals surface area contributed by atoms with Gasteiger partial charge in [-0.25, -0.2) is 4.99 Å². The zero-order valence-electron chi connectivity index (χ0n) is 19.1. The Hall–Kier alpha value is -2.44. The molecule has 0 bridgehead atoms. The largest absolute Gasteiger partial charge is 0.497 e. The molecule has 7 nitrogen and oxygen atoms in total. The van der Waals surface area contributed by atoms with Gasteiger partial charge in [0, 0.05) is 36.7 Å². The van der Waals surface area contributed by atoms with Gasteiger partial charge >= 0.3 is 0 Å². The molecule has 1 aromatic rings. The highest BCUT2D eigenvalue weighted by molar-refractivity contribution is 5.81. The van der Waals surface area contributed by atoms with Crippen LogP contribution < -0.4 is 25.4 Å². The van der Waals surface area contributed by atoms with Gasteiger partial charge in [0.15, 0.2) is 5.96 Å². The SMILES string of the molecule is CCNC(=NCc1ccc(OC)cc1OC1CCCC1)NCCNC(=O)C(C)(C)C. The molecule has 0 aromatic heterocycles. The van der Waals surface area contributed by atoms with Gasteiger partial charge in [0.1, 0.15) is 11.5 Å². The Morgan fingerprint density at radius 1 is 1.13 bits per heavy atom. The number of amides is 1. The average molecular weight is 419 g/mol. The Morgan fingerprint density at radius 2 is 1.83 bits per heavy atom. The molecule has 1 saturated carbocycles. The quantitative estimate of drug-likeness (QED) is 0.326. The fourth-order valence-electron chi connectivity index (χ4n) is 3.22. The molecule has 2 rings (SSSR count). The fourth-order valence-corrected chi connectivity index (χ4v) is 3.22. The summed E-state index contributed by atoms with van der Waals surface area (Å²) in [7, 11) is 1.66. The van der Waals surface area contributed by atoms with Crippen LogP contribution in [-0.2, 0) is 11.3 Å². The molecule has 7 heteroatoms. The van der Waals surface area contributed by atoms with E-state index >= 15 is 0 Å². The van der Waals surface area contributed by atoms with Crippen LogP contribution in [0.15, 0.2) is 23.2 Å². The van der Waals surface area contributed by atoms with Crippen LogP contribution in [0.3, 0.4) is 0 Å². The minimum absolute atomic E-state index is 0.0400. The van der Waals surface area contributed by atoms with Crippen molar-refractivity contribution in [3.05, 3.63) is 23.8 Å². The monoisotopic (exact) mass is 418 g/mol. The number of nitrogens with zero attached hydrogens (tertiary/aromatic N) is 1. The molecule has 0 heterocycles. The molecule has 1 amide bonds. The number of carbonyl (C=O) groups is 1. The molecular formula is C23H38N4O3. The second-order valence-electron chi connectivity index (χ2n) is 8.63. The third kappa shape index (κ3) is 7.76. The number of benzene rings is 1. The zero-order chi connectivity index (χ0) is 22.0. The fraction of sp³-hybridized carbons (Fsp3) is 0.652.